The largest absolute Gasteiger partial charge is 0.416 e. The molecule has 0 aliphatic rings. The van der Waals surface area contributed by atoms with Crippen LogP contribution >= 0.6 is 0 Å². The predicted octanol–water partition coefficient (Wildman–Crippen LogP) is 3.71. The first-order valence-electron chi connectivity index (χ1n) is 5.93. The van der Waals surface area contributed by atoms with Crippen molar-refractivity contribution in [3.05, 3.63) is 35.4 Å². The molecule has 0 atom stereocenters. The van der Waals surface area contributed by atoms with Crippen LogP contribution in [0.1, 0.15) is 31.9 Å². The highest BCUT2D eigenvalue weighted by molar-refractivity contribution is 5.81. The number of benzene rings is 1. The fraction of sp³-hybridized carbons (Fsp3) is 0.500. The molecule has 0 heterocycles. The standard InChI is InChI=1S/C14H18F3NO/c1-13(2,3)12(19)18(4)9-10-6-5-7-11(8-10)14(15,16)17/h5-8H,9H2,1-4H3. The second-order valence-corrected chi connectivity index (χ2v) is 5.61. The third kappa shape index (κ3) is 4.26. The molecule has 5 heteroatoms. The lowest BCUT2D eigenvalue weighted by molar-refractivity contribution is -0.138. The van der Waals surface area contributed by atoms with Crippen LogP contribution < -0.4 is 0 Å². The topological polar surface area (TPSA) is 20.3 Å². The van der Waals surface area contributed by atoms with E-state index in [9.17, 15) is 18.0 Å². The summed E-state index contributed by atoms with van der Waals surface area (Å²) in [4.78, 5) is 13.4. The number of amides is 1. The number of hydrogen-bond donors (Lipinski definition) is 0. The van der Waals surface area contributed by atoms with Crippen molar-refractivity contribution < 1.29 is 18.0 Å². The lowest BCUT2D eigenvalue weighted by Crippen LogP contribution is -2.36. The molecule has 0 radical (unpaired) electrons. The minimum absolute atomic E-state index is 0.107. The van der Waals surface area contributed by atoms with Gasteiger partial charge in [0.15, 0.2) is 0 Å². The van der Waals surface area contributed by atoms with E-state index in [-0.39, 0.29) is 12.5 Å². The quantitative estimate of drug-likeness (QED) is 0.804. The van der Waals surface area contributed by atoms with Crippen molar-refractivity contribution in [1.29, 1.82) is 0 Å². The van der Waals surface area contributed by atoms with Gasteiger partial charge in [-0.3, -0.25) is 4.79 Å². The van der Waals surface area contributed by atoms with Gasteiger partial charge in [0.2, 0.25) is 5.91 Å². The smallest absolute Gasteiger partial charge is 0.341 e. The van der Waals surface area contributed by atoms with Crippen molar-refractivity contribution in [2.75, 3.05) is 7.05 Å². The van der Waals surface area contributed by atoms with Crippen LogP contribution in [-0.2, 0) is 17.5 Å². The van der Waals surface area contributed by atoms with Crippen molar-refractivity contribution in [2.45, 2.75) is 33.5 Å². The minimum atomic E-state index is -4.36. The number of alkyl halides is 3. The van der Waals surface area contributed by atoms with Gasteiger partial charge in [-0.15, -0.1) is 0 Å². The summed E-state index contributed by atoms with van der Waals surface area (Å²) in [6.07, 6.45) is -4.36. The molecule has 1 aromatic rings. The first kappa shape index (κ1) is 15.5. The highest BCUT2D eigenvalue weighted by atomic mass is 19.4. The molecule has 0 fully saturated rings. The third-order valence-corrected chi connectivity index (χ3v) is 2.66. The van der Waals surface area contributed by atoms with E-state index in [0.717, 1.165) is 12.1 Å². The molecule has 0 aliphatic carbocycles. The van der Waals surface area contributed by atoms with Crippen molar-refractivity contribution in [2.24, 2.45) is 5.41 Å². The number of carbonyl (C=O) groups excluding carboxylic acids is 1. The van der Waals surface area contributed by atoms with Gasteiger partial charge >= 0.3 is 6.18 Å². The SMILES string of the molecule is CN(Cc1cccc(C(F)(F)F)c1)C(=O)C(C)(C)C. The summed E-state index contributed by atoms with van der Waals surface area (Å²) in [5.74, 6) is -0.107. The van der Waals surface area contributed by atoms with Gasteiger partial charge < -0.3 is 4.90 Å². The number of nitrogens with zero attached hydrogens (tertiary/aromatic N) is 1. The van der Waals surface area contributed by atoms with Crippen LogP contribution in [0.3, 0.4) is 0 Å². The van der Waals surface area contributed by atoms with Crippen molar-refractivity contribution >= 4 is 5.91 Å². The van der Waals surface area contributed by atoms with Gasteiger partial charge in [-0.2, -0.15) is 13.2 Å². The maximum absolute atomic E-state index is 12.6. The Labute approximate surface area is 111 Å². The summed E-state index contributed by atoms with van der Waals surface area (Å²) in [6.45, 7) is 5.49. The maximum atomic E-state index is 12.6. The Kier molecular flexibility index (Phi) is 4.28. The summed E-state index contributed by atoms with van der Waals surface area (Å²) in [5, 5.41) is 0. The zero-order valence-electron chi connectivity index (χ0n) is 11.5. The van der Waals surface area contributed by atoms with Gasteiger partial charge in [0.1, 0.15) is 0 Å². The molecule has 0 aromatic heterocycles. The zero-order chi connectivity index (χ0) is 14.8. The van der Waals surface area contributed by atoms with E-state index in [1.54, 1.807) is 33.9 Å². The molecule has 0 bridgehead atoms. The van der Waals surface area contributed by atoms with Gasteiger partial charge in [-0.25, -0.2) is 0 Å². The molecule has 0 N–H and O–H groups in total. The monoisotopic (exact) mass is 273 g/mol. The average molecular weight is 273 g/mol. The molecule has 0 saturated carbocycles. The first-order chi connectivity index (χ1) is 8.51. The number of carbonyl (C=O) groups is 1. The molecule has 19 heavy (non-hydrogen) atoms. The Balaban J connectivity index is 2.87. The molecule has 1 rings (SSSR count). The van der Waals surface area contributed by atoms with Gasteiger partial charge in [0, 0.05) is 19.0 Å². The number of hydrogen-bond acceptors (Lipinski definition) is 1. The molecule has 106 valence electrons. The van der Waals surface area contributed by atoms with Crippen LogP contribution in [-0.4, -0.2) is 17.9 Å². The van der Waals surface area contributed by atoms with Crippen LogP contribution in [0.2, 0.25) is 0 Å². The van der Waals surface area contributed by atoms with E-state index in [0.29, 0.717) is 5.56 Å². The summed E-state index contributed by atoms with van der Waals surface area (Å²) >= 11 is 0. The molecular weight excluding hydrogens is 255 g/mol. The van der Waals surface area contributed by atoms with Gasteiger partial charge in [-0.05, 0) is 17.7 Å². The Morgan fingerprint density at radius 2 is 1.79 bits per heavy atom. The van der Waals surface area contributed by atoms with Crippen LogP contribution in [0.25, 0.3) is 0 Å². The van der Waals surface area contributed by atoms with Crippen LogP contribution in [0.5, 0.6) is 0 Å². The fourth-order valence-corrected chi connectivity index (χ4v) is 1.76. The Morgan fingerprint density at radius 1 is 1.21 bits per heavy atom. The van der Waals surface area contributed by atoms with Crippen LogP contribution in [0.4, 0.5) is 13.2 Å². The second kappa shape index (κ2) is 5.23. The lowest BCUT2D eigenvalue weighted by atomic mass is 9.94. The van der Waals surface area contributed by atoms with Crippen LogP contribution in [0, 0.1) is 5.41 Å². The Hall–Kier alpha value is -1.52. The summed E-state index contributed by atoms with van der Waals surface area (Å²) in [6, 6.07) is 5.04. The van der Waals surface area contributed by atoms with E-state index >= 15 is 0 Å². The van der Waals surface area contributed by atoms with Gasteiger partial charge in [0.25, 0.3) is 0 Å². The van der Waals surface area contributed by atoms with E-state index in [2.05, 4.69) is 0 Å². The molecule has 0 saturated heterocycles. The fourth-order valence-electron chi connectivity index (χ4n) is 1.76. The van der Waals surface area contributed by atoms with Gasteiger partial charge in [-0.1, -0.05) is 32.9 Å². The van der Waals surface area contributed by atoms with E-state index in [4.69, 9.17) is 0 Å². The molecule has 0 spiro atoms. The van der Waals surface area contributed by atoms with Gasteiger partial charge in [0.05, 0.1) is 5.56 Å². The van der Waals surface area contributed by atoms with E-state index in [1.165, 1.54) is 11.0 Å². The third-order valence-electron chi connectivity index (χ3n) is 2.66. The van der Waals surface area contributed by atoms with Crippen molar-refractivity contribution in [3.63, 3.8) is 0 Å². The van der Waals surface area contributed by atoms with Crippen LogP contribution in [0.15, 0.2) is 24.3 Å². The normalized spacial score (nSPS) is 12.4. The molecule has 0 unspecified atom stereocenters. The average Bonchev–Trinajstić information content (AvgIpc) is 2.26. The number of rotatable bonds is 2. The summed E-state index contributed by atoms with van der Waals surface area (Å²) < 4.78 is 37.7. The molecular formula is C14H18F3NO. The molecule has 0 aliphatic heterocycles. The summed E-state index contributed by atoms with van der Waals surface area (Å²) in [5.41, 5.74) is -0.771. The lowest BCUT2D eigenvalue weighted by Gasteiger charge is -2.26. The second-order valence-electron chi connectivity index (χ2n) is 5.61. The Bertz CT molecular complexity index is 460. The molecule has 2 nitrogen and oxygen atoms in total. The highest BCUT2D eigenvalue weighted by Gasteiger charge is 2.31. The summed E-state index contributed by atoms with van der Waals surface area (Å²) in [7, 11) is 1.59. The Morgan fingerprint density at radius 3 is 2.26 bits per heavy atom. The predicted molar refractivity (Wildman–Crippen MR) is 67.4 cm³/mol. The molecule has 1 amide bonds. The van der Waals surface area contributed by atoms with Crippen molar-refractivity contribution in [3.8, 4) is 0 Å². The van der Waals surface area contributed by atoms with Crippen molar-refractivity contribution in [1.82, 2.24) is 4.90 Å². The maximum Gasteiger partial charge on any atom is 0.416 e. The van der Waals surface area contributed by atoms with E-state index < -0.39 is 17.2 Å². The minimum Gasteiger partial charge on any atom is -0.341 e. The molecule has 1 aromatic carbocycles. The van der Waals surface area contributed by atoms with E-state index in [1.807, 2.05) is 0 Å². The number of halogens is 3. The highest BCUT2D eigenvalue weighted by Crippen LogP contribution is 2.30. The first-order valence-corrected chi connectivity index (χ1v) is 5.93. The zero-order valence-corrected chi connectivity index (χ0v) is 11.5.